The molecule has 2 aromatic rings. The van der Waals surface area contributed by atoms with Crippen molar-refractivity contribution >= 4 is 29.4 Å². The smallest absolute Gasteiger partial charge is 0.339 e. The summed E-state index contributed by atoms with van der Waals surface area (Å²) < 4.78 is 5.50. The molecular weight excluding hydrogens is 392 g/mol. The number of hydrogen-bond donors (Lipinski definition) is 3. The average molecular weight is 410 g/mol. The number of imide groups is 1. The number of carboxylic acid groups (broad SMARTS) is 1. The highest BCUT2D eigenvalue weighted by atomic mass is 16.5. The van der Waals surface area contributed by atoms with Crippen LogP contribution in [0, 0.1) is 0 Å². The first-order valence-electron chi connectivity index (χ1n) is 9.34. The zero-order valence-corrected chi connectivity index (χ0v) is 15.8. The van der Waals surface area contributed by atoms with Gasteiger partial charge in [0.1, 0.15) is 11.3 Å². The first-order chi connectivity index (χ1) is 14.3. The third kappa shape index (κ3) is 3.50. The molecule has 0 aromatic heterocycles. The van der Waals surface area contributed by atoms with Crippen molar-refractivity contribution in [3.05, 3.63) is 58.7 Å². The van der Waals surface area contributed by atoms with Gasteiger partial charge in [0, 0.05) is 17.9 Å². The summed E-state index contributed by atoms with van der Waals surface area (Å²) in [4.78, 5) is 50.1. The molecule has 30 heavy (non-hydrogen) atoms. The summed E-state index contributed by atoms with van der Waals surface area (Å²) in [6.45, 7) is 0.790. The normalized spacial score (nSPS) is 17.9. The summed E-state index contributed by atoms with van der Waals surface area (Å²) in [5.74, 6) is -3.23. The lowest BCUT2D eigenvalue weighted by Crippen LogP contribution is -2.36. The molecule has 1 atom stereocenters. The Labute approximate surface area is 170 Å². The fourth-order valence-electron chi connectivity index (χ4n) is 3.58. The molecule has 0 bridgehead atoms. The third-order valence-electron chi connectivity index (χ3n) is 5.13. The molecule has 0 unspecified atom stereocenters. The number of carbonyl (C=O) groups excluding carboxylic acids is 3. The lowest BCUT2D eigenvalue weighted by molar-refractivity contribution is 0.0475. The Bertz CT molecular complexity index is 1070. The number of benzene rings is 2. The maximum Gasteiger partial charge on any atom is 0.339 e. The minimum atomic E-state index is -1.34. The van der Waals surface area contributed by atoms with E-state index in [0.717, 1.165) is 29.9 Å². The maximum absolute atomic E-state index is 12.7. The molecule has 154 valence electrons. The van der Waals surface area contributed by atoms with Crippen LogP contribution in [0.2, 0.25) is 0 Å². The minimum absolute atomic E-state index is 0.138. The summed E-state index contributed by atoms with van der Waals surface area (Å²) in [6.07, 6.45) is 1.50. The number of amides is 3. The number of aromatic hydroxyl groups is 1. The van der Waals surface area contributed by atoms with Gasteiger partial charge in [-0.3, -0.25) is 19.3 Å². The van der Waals surface area contributed by atoms with Crippen LogP contribution in [0.15, 0.2) is 36.4 Å². The number of carboxylic acids is 1. The van der Waals surface area contributed by atoms with E-state index in [9.17, 15) is 24.3 Å². The summed E-state index contributed by atoms with van der Waals surface area (Å²) in [7, 11) is 0. The number of nitrogens with zero attached hydrogens (tertiary/aromatic N) is 1. The number of hydrogen-bond acceptors (Lipinski definition) is 6. The lowest BCUT2D eigenvalue weighted by Gasteiger charge is -2.17. The Morgan fingerprint density at radius 2 is 1.87 bits per heavy atom. The van der Waals surface area contributed by atoms with Gasteiger partial charge in [-0.05, 0) is 49.2 Å². The van der Waals surface area contributed by atoms with Crippen LogP contribution in [0.3, 0.4) is 0 Å². The summed E-state index contributed by atoms with van der Waals surface area (Å²) >= 11 is 0. The summed E-state index contributed by atoms with van der Waals surface area (Å²) in [5.41, 5.74) is 0.319. The first-order valence-corrected chi connectivity index (χ1v) is 9.34. The minimum Gasteiger partial charge on any atom is -0.507 e. The maximum atomic E-state index is 12.7. The van der Waals surface area contributed by atoms with Crippen molar-refractivity contribution < 1.29 is 34.1 Å². The number of aromatic carboxylic acids is 1. The lowest BCUT2D eigenvalue weighted by atomic mass is 10.1. The van der Waals surface area contributed by atoms with E-state index in [1.165, 1.54) is 24.3 Å². The number of carbonyl (C=O) groups is 4. The van der Waals surface area contributed by atoms with E-state index in [1.807, 2.05) is 0 Å². The van der Waals surface area contributed by atoms with Gasteiger partial charge < -0.3 is 20.3 Å². The first kappa shape index (κ1) is 19.6. The average Bonchev–Trinajstić information content (AvgIpc) is 3.32. The van der Waals surface area contributed by atoms with E-state index < -0.39 is 29.4 Å². The van der Waals surface area contributed by atoms with Crippen molar-refractivity contribution in [2.24, 2.45) is 0 Å². The van der Waals surface area contributed by atoms with Gasteiger partial charge in [-0.25, -0.2) is 4.79 Å². The molecule has 0 aliphatic carbocycles. The molecule has 1 fully saturated rings. The summed E-state index contributed by atoms with van der Waals surface area (Å²) in [5, 5.41) is 21.2. The van der Waals surface area contributed by atoms with Gasteiger partial charge in [0.15, 0.2) is 0 Å². The van der Waals surface area contributed by atoms with Crippen LogP contribution in [-0.2, 0) is 4.74 Å². The van der Waals surface area contributed by atoms with E-state index in [-0.39, 0.29) is 40.6 Å². The number of phenols is 1. The second-order valence-electron chi connectivity index (χ2n) is 7.11. The molecule has 3 N–H and O–H groups in total. The van der Waals surface area contributed by atoms with Crippen LogP contribution in [0.5, 0.6) is 5.75 Å². The van der Waals surface area contributed by atoms with E-state index in [2.05, 4.69) is 5.32 Å². The third-order valence-corrected chi connectivity index (χ3v) is 5.13. The van der Waals surface area contributed by atoms with Crippen molar-refractivity contribution in [2.75, 3.05) is 18.5 Å². The number of ether oxygens (including phenoxy) is 1. The molecule has 0 saturated carbocycles. The van der Waals surface area contributed by atoms with Gasteiger partial charge >= 0.3 is 5.97 Å². The van der Waals surface area contributed by atoms with Crippen LogP contribution in [0.4, 0.5) is 5.69 Å². The standard InChI is InChI=1S/C21H18N2O7/c24-17-6-4-12(9-16(17)21(28)29)22-18(25)11-3-5-14-15(8-11)20(27)23(19(14)26)10-13-2-1-7-30-13/h3-6,8-9,13,24H,1-2,7,10H2,(H,22,25)(H,28,29)/t13-/m1/s1. The second kappa shape index (κ2) is 7.60. The van der Waals surface area contributed by atoms with E-state index in [4.69, 9.17) is 9.84 Å². The van der Waals surface area contributed by atoms with E-state index in [0.29, 0.717) is 6.61 Å². The van der Waals surface area contributed by atoms with Crippen LogP contribution >= 0.6 is 0 Å². The highest BCUT2D eigenvalue weighted by molar-refractivity contribution is 6.22. The van der Waals surface area contributed by atoms with Gasteiger partial charge in [-0.15, -0.1) is 0 Å². The predicted octanol–water partition coefficient (Wildman–Crippen LogP) is 2.12. The molecule has 1 saturated heterocycles. The largest absolute Gasteiger partial charge is 0.507 e. The van der Waals surface area contributed by atoms with Crippen molar-refractivity contribution in [1.29, 1.82) is 0 Å². The van der Waals surface area contributed by atoms with Crippen molar-refractivity contribution in [3.8, 4) is 5.75 Å². The molecule has 2 aromatic carbocycles. The fraction of sp³-hybridized carbons (Fsp3) is 0.238. The predicted molar refractivity (Wildman–Crippen MR) is 104 cm³/mol. The van der Waals surface area contributed by atoms with Crippen molar-refractivity contribution in [3.63, 3.8) is 0 Å². The van der Waals surface area contributed by atoms with Gasteiger partial charge in [0.2, 0.25) is 0 Å². The molecule has 4 rings (SSSR count). The SMILES string of the molecule is O=C(Nc1ccc(O)c(C(=O)O)c1)c1ccc2c(c1)C(=O)N(C[C@H]1CCCO1)C2=O. The second-order valence-corrected chi connectivity index (χ2v) is 7.11. The molecule has 9 heteroatoms. The molecule has 2 heterocycles. The number of anilines is 1. The zero-order valence-electron chi connectivity index (χ0n) is 15.8. The molecule has 2 aliphatic rings. The Hall–Kier alpha value is -3.72. The van der Waals surface area contributed by atoms with Crippen molar-refractivity contribution in [2.45, 2.75) is 18.9 Å². The summed E-state index contributed by atoms with van der Waals surface area (Å²) in [6, 6.07) is 7.84. The molecule has 0 spiro atoms. The fourth-order valence-corrected chi connectivity index (χ4v) is 3.58. The van der Waals surface area contributed by atoms with Crippen LogP contribution in [0.25, 0.3) is 0 Å². The number of nitrogens with one attached hydrogen (secondary N) is 1. The Kier molecular flexibility index (Phi) is 4.96. The zero-order chi connectivity index (χ0) is 21.4. The highest BCUT2D eigenvalue weighted by Gasteiger charge is 2.38. The van der Waals surface area contributed by atoms with Crippen LogP contribution in [0.1, 0.15) is 54.3 Å². The number of fused-ring (bicyclic) bond motifs is 1. The molecular formula is C21H18N2O7. The number of rotatable bonds is 5. The molecule has 2 aliphatic heterocycles. The van der Waals surface area contributed by atoms with Gasteiger partial charge in [-0.2, -0.15) is 0 Å². The Morgan fingerprint density at radius 3 is 2.57 bits per heavy atom. The van der Waals surface area contributed by atoms with Crippen LogP contribution < -0.4 is 5.32 Å². The van der Waals surface area contributed by atoms with Gasteiger partial charge in [-0.1, -0.05) is 0 Å². The topological polar surface area (TPSA) is 133 Å². The van der Waals surface area contributed by atoms with E-state index in [1.54, 1.807) is 0 Å². The highest BCUT2D eigenvalue weighted by Crippen LogP contribution is 2.27. The van der Waals surface area contributed by atoms with Crippen molar-refractivity contribution in [1.82, 2.24) is 4.90 Å². The molecule has 0 radical (unpaired) electrons. The van der Waals surface area contributed by atoms with Gasteiger partial charge in [0.05, 0.1) is 23.8 Å². The van der Waals surface area contributed by atoms with Crippen LogP contribution in [-0.4, -0.2) is 58.1 Å². The quantitative estimate of drug-likeness (QED) is 0.508. The monoisotopic (exact) mass is 410 g/mol. The van der Waals surface area contributed by atoms with E-state index >= 15 is 0 Å². The Morgan fingerprint density at radius 1 is 1.10 bits per heavy atom. The van der Waals surface area contributed by atoms with Gasteiger partial charge in [0.25, 0.3) is 17.7 Å². The molecule has 3 amide bonds. The molecule has 9 nitrogen and oxygen atoms in total. The Balaban J connectivity index is 1.54.